The van der Waals surface area contributed by atoms with Crippen molar-refractivity contribution in [2.24, 2.45) is 0 Å². The van der Waals surface area contributed by atoms with Crippen molar-refractivity contribution in [3.8, 4) is 0 Å². The van der Waals surface area contributed by atoms with Crippen LogP contribution in [-0.2, 0) is 14.3 Å². The molecule has 2 unspecified atom stereocenters. The molecule has 2 aliphatic heterocycles. The minimum absolute atomic E-state index is 0.104. The smallest absolute Gasteiger partial charge is 0.249 e. The Hall–Kier alpha value is -1.63. The van der Waals surface area contributed by atoms with E-state index in [9.17, 15) is 9.59 Å². The van der Waals surface area contributed by atoms with Crippen LogP contribution in [0.4, 0.5) is 5.69 Å². The predicted molar refractivity (Wildman–Crippen MR) is 83.0 cm³/mol. The van der Waals surface area contributed by atoms with Crippen LogP contribution >= 0.6 is 11.6 Å². The van der Waals surface area contributed by atoms with Gasteiger partial charge in [-0.3, -0.25) is 9.59 Å². The minimum atomic E-state index is -0.491. The molecule has 0 aromatic heterocycles. The molecular weight excluding hydrogens is 306 g/mol. The summed E-state index contributed by atoms with van der Waals surface area (Å²) in [6, 6.07) is 6.28. The standard InChI is InChI=1S/C15H18ClN3O3/c16-10-2-1-3-11(8-10)19-6-4-12(15(19)21)18-14(20)13-9-22-7-5-17-13/h1-3,8,12-13,17H,4-7,9H2,(H,18,20). The number of morpholine rings is 1. The van der Waals surface area contributed by atoms with Crippen LogP contribution in [0, 0.1) is 0 Å². The van der Waals surface area contributed by atoms with E-state index in [0.717, 1.165) is 5.69 Å². The van der Waals surface area contributed by atoms with Crippen LogP contribution in [-0.4, -0.2) is 50.2 Å². The molecule has 6 nitrogen and oxygen atoms in total. The lowest BCUT2D eigenvalue weighted by Gasteiger charge is -2.24. The van der Waals surface area contributed by atoms with Gasteiger partial charge in [0.05, 0.1) is 13.2 Å². The maximum atomic E-state index is 12.5. The van der Waals surface area contributed by atoms with E-state index in [1.54, 1.807) is 23.1 Å². The van der Waals surface area contributed by atoms with Crippen LogP contribution in [0.25, 0.3) is 0 Å². The van der Waals surface area contributed by atoms with E-state index in [-0.39, 0.29) is 17.9 Å². The molecule has 2 atom stereocenters. The highest BCUT2D eigenvalue weighted by molar-refractivity contribution is 6.31. The summed E-state index contributed by atoms with van der Waals surface area (Å²) in [5.74, 6) is -0.293. The van der Waals surface area contributed by atoms with E-state index in [2.05, 4.69) is 10.6 Å². The van der Waals surface area contributed by atoms with Gasteiger partial charge >= 0.3 is 0 Å². The van der Waals surface area contributed by atoms with Crippen molar-refractivity contribution in [3.05, 3.63) is 29.3 Å². The van der Waals surface area contributed by atoms with Gasteiger partial charge < -0.3 is 20.3 Å². The lowest BCUT2D eigenvalue weighted by molar-refractivity contribution is -0.129. The SMILES string of the molecule is O=C(NC1CCN(c2cccc(Cl)c2)C1=O)C1COCCN1. The third-order valence-electron chi connectivity index (χ3n) is 3.88. The van der Waals surface area contributed by atoms with Crippen molar-refractivity contribution in [2.45, 2.75) is 18.5 Å². The number of amides is 2. The first-order valence-corrected chi connectivity index (χ1v) is 7.71. The van der Waals surface area contributed by atoms with E-state index >= 15 is 0 Å². The Labute approximate surface area is 133 Å². The van der Waals surface area contributed by atoms with Crippen molar-refractivity contribution >= 4 is 29.1 Å². The average Bonchev–Trinajstić information content (AvgIpc) is 2.89. The topological polar surface area (TPSA) is 70.7 Å². The summed E-state index contributed by atoms with van der Waals surface area (Å²) in [6.45, 7) is 2.16. The van der Waals surface area contributed by atoms with Crippen LogP contribution in [0.3, 0.4) is 0 Å². The highest BCUT2D eigenvalue weighted by atomic mass is 35.5. The molecule has 0 aliphatic carbocycles. The number of halogens is 1. The van der Waals surface area contributed by atoms with Gasteiger partial charge in [-0.25, -0.2) is 0 Å². The second-order valence-corrected chi connectivity index (χ2v) is 5.84. The summed E-state index contributed by atoms with van der Waals surface area (Å²) >= 11 is 5.96. The monoisotopic (exact) mass is 323 g/mol. The number of nitrogens with one attached hydrogen (secondary N) is 2. The Morgan fingerprint density at radius 2 is 2.32 bits per heavy atom. The average molecular weight is 324 g/mol. The Bertz CT molecular complexity index is 575. The summed E-state index contributed by atoms with van der Waals surface area (Å²) in [4.78, 5) is 26.3. The Morgan fingerprint density at radius 1 is 1.45 bits per heavy atom. The Kier molecular flexibility index (Phi) is 4.61. The number of anilines is 1. The molecule has 2 aliphatic rings. The zero-order valence-electron chi connectivity index (χ0n) is 12.0. The van der Waals surface area contributed by atoms with E-state index in [1.165, 1.54) is 0 Å². The van der Waals surface area contributed by atoms with Gasteiger partial charge in [-0.1, -0.05) is 17.7 Å². The van der Waals surface area contributed by atoms with E-state index in [1.807, 2.05) is 6.07 Å². The molecule has 0 spiro atoms. The quantitative estimate of drug-likeness (QED) is 0.852. The molecule has 1 aromatic rings. The van der Waals surface area contributed by atoms with Crippen molar-refractivity contribution in [1.29, 1.82) is 0 Å². The molecule has 2 N–H and O–H groups in total. The number of rotatable bonds is 3. The number of ether oxygens (including phenoxy) is 1. The zero-order chi connectivity index (χ0) is 15.5. The summed E-state index contributed by atoms with van der Waals surface area (Å²) < 4.78 is 5.26. The van der Waals surface area contributed by atoms with Gasteiger partial charge in [0, 0.05) is 23.8 Å². The second-order valence-electron chi connectivity index (χ2n) is 5.40. The lowest BCUT2D eigenvalue weighted by Crippen LogP contribution is -2.54. The molecule has 22 heavy (non-hydrogen) atoms. The summed E-state index contributed by atoms with van der Waals surface area (Å²) in [6.07, 6.45) is 0.588. The zero-order valence-corrected chi connectivity index (χ0v) is 12.8. The molecule has 0 bridgehead atoms. The highest BCUT2D eigenvalue weighted by Crippen LogP contribution is 2.24. The van der Waals surface area contributed by atoms with E-state index < -0.39 is 6.04 Å². The second kappa shape index (κ2) is 6.64. The predicted octanol–water partition coefficient (Wildman–Crippen LogP) is 0.550. The number of benzene rings is 1. The van der Waals surface area contributed by atoms with E-state index in [4.69, 9.17) is 16.3 Å². The molecular formula is C15H18ClN3O3. The molecule has 0 radical (unpaired) electrons. The van der Waals surface area contributed by atoms with E-state index in [0.29, 0.717) is 37.7 Å². The molecule has 2 amide bonds. The molecule has 2 saturated heterocycles. The fraction of sp³-hybridized carbons (Fsp3) is 0.467. The normalized spacial score (nSPS) is 25.3. The summed E-state index contributed by atoms with van der Waals surface area (Å²) in [5.41, 5.74) is 0.758. The first kappa shape index (κ1) is 15.3. The molecule has 118 valence electrons. The minimum Gasteiger partial charge on any atom is -0.378 e. The van der Waals surface area contributed by atoms with Crippen LogP contribution in [0.5, 0.6) is 0 Å². The highest BCUT2D eigenvalue weighted by Gasteiger charge is 2.35. The fourth-order valence-corrected chi connectivity index (χ4v) is 2.90. The van der Waals surface area contributed by atoms with Gasteiger partial charge in [-0.2, -0.15) is 0 Å². The number of hydrogen-bond acceptors (Lipinski definition) is 4. The van der Waals surface area contributed by atoms with Crippen molar-refractivity contribution in [2.75, 3.05) is 31.2 Å². The third-order valence-corrected chi connectivity index (χ3v) is 4.12. The van der Waals surface area contributed by atoms with Crippen molar-refractivity contribution in [3.63, 3.8) is 0 Å². The first-order valence-electron chi connectivity index (χ1n) is 7.33. The van der Waals surface area contributed by atoms with Gasteiger partial charge in [-0.15, -0.1) is 0 Å². The maximum absolute atomic E-state index is 12.5. The number of nitrogens with zero attached hydrogens (tertiary/aromatic N) is 1. The number of carbonyl (C=O) groups excluding carboxylic acids is 2. The van der Waals surface area contributed by atoms with Gasteiger partial charge in [0.15, 0.2) is 0 Å². The number of hydrogen-bond donors (Lipinski definition) is 2. The molecule has 7 heteroatoms. The van der Waals surface area contributed by atoms with Crippen molar-refractivity contribution in [1.82, 2.24) is 10.6 Å². The van der Waals surface area contributed by atoms with Gasteiger partial charge in [0.2, 0.25) is 11.8 Å². The fourth-order valence-electron chi connectivity index (χ4n) is 2.72. The van der Waals surface area contributed by atoms with Crippen LogP contribution in [0.2, 0.25) is 5.02 Å². The molecule has 0 saturated carbocycles. The van der Waals surface area contributed by atoms with Gasteiger partial charge in [0.25, 0.3) is 0 Å². The molecule has 1 aromatic carbocycles. The third kappa shape index (κ3) is 3.24. The molecule has 3 rings (SSSR count). The Morgan fingerprint density at radius 3 is 3.05 bits per heavy atom. The molecule has 2 fully saturated rings. The summed E-state index contributed by atoms with van der Waals surface area (Å²) in [7, 11) is 0. The summed E-state index contributed by atoms with van der Waals surface area (Å²) in [5, 5.41) is 6.47. The van der Waals surface area contributed by atoms with Crippen LogP contribution in [0.15, 0.2) is 24.3 Å². The first-order chi connectivity index (χ1) is 10.6. The van der Waals surface area contributed by atoms with Crippen molar-refractivity contribution < 1.29 is 14.3 Å². The van der Waals surface area contributed by atoms with Crippen LogP contribution in [0.1, 0.15) is 6.42 Å². The van der Waals surface area contributed by atoms with Gasteiger partial charge in [0.1, 0.15) is 12.1 Å². The number of carbonyl (C=O) groups is 2. The lowest BCUT2D eigenvalue weighted by atomic mass is 10.2. The maximum Gasteiger partial charge on any atom is 0.249 e. The molecule has 2 heterocycles. The van der Waals surface area contributed by atoms with Crippen LogP contribution < -0.4 is 15.5 Å². The largest absolute Gasteiger partial charge is 0.378 e. The van der Waals surface area contributed by atoms with Gasteiger partial charge in [-0.05, 0) is 24.6 Å². The Balaban J connectivity index is 1.62.